The van der Waals surface area contributed by atoms with Crippen molar-refractivity contribution in [1.29, 1.82) is 0 Å². The quantitative estimate of drug-likeness (QED) is 0.232. The second kappa shape index (κ2) is 14.5. The van der Waals surface area contributed by atoms with Gasteiger partial charge in [0.15, 0.2) is 0 Å². The highest BCUT2D eigenvalue weighted by molar-refractivity contribution is 6.04. The molecule has 0 fully saturated rings. The third-order valence-corrected chi connectivity index (χ3v) is 5.58. The van der Waals surface area contributed by atoms with Gasteiger partial charge in [-0.3, -0.25) is 14.2 Å². The molecule has 1 aromatic heterocycles. The maximum Gasteiger partial charge on any atom is 0.573 e. The average molecular weight is 560 g/mol. The van der Waals surface area contributed by atoms with Crippen LogP contribution in [0.1, 0.15) is 75.1 Å². The number of carbonyl (C=O) groups is 2. The highest BCUT2D eigenvalue weighted by Gasteiger charge is 2.31. The highest BCUT2D eigenvalue weighted by Crippen LogP contribution is 2.33. The first-order valence-electron chi connectivity index (χ1n) is 12.8. The largest absolute Gasteiger partial charge is 0.573 e. The van der Waals surface area contributed by atoms with Crippen molar-refractivity contribution in [2.24, 2.45) is 0 Å². The summed E-state index contributed by atoms with van der Waals surface area (Å²) in [5, 5.41) is 0.755. The molecule has 0 saturated heterocycles. The number of rotatable bonds is 5. The SMILES string of the molecule is C=C(C)C.C=CCC.COC(=O)Cc1c(C)n(C(=O)c2ccc(OC(F)(F)F)cc2)c2ccc(C(C)(C)C)cc12. The van der Waals surface area contributed by atoms with Crippen molar-refractivity contribution in [1.82, 2.24) is 4.57 Å². The maximum atomic E-state index is 13.3. The Morgan fingerprint density at radius 1 is 1.02 bits per heavy atom. The number of halogens is 3. The lowest BCUT2D eigenvalue weighted by Gasteiger charge is -2.19. The van der Waals surface area contributed by atoms with Gasteiger partial charge in [0.05, 0.1) is 19.0 Å². The Labute approximate surface area is 235 Å². The summed E-state index contributed by atoms with van der Waals surface area (Å²) in [6.45, 7) is 21.0. The van der Waals surface area contributed by atoms with Crippen LogP contribution in [0.4, 0.5) is 13.2 Å². The van der Waals surface area contributed by atoms with Crippen LogP contribution in [-0.4, -0.2) is 29.9 Å². The summed E-state index contributed by atoms with van der Waals surface area (Å²) >= 11 is 0. The van der Waals surface area contributed by atoms with Crippen molar-refractivity contribution in [2.45, 2.75) is 73.1 Å². The third kappa shape index (κ3) is 10.1. The zero-order valence-corrected chi connectivity index (χ0v) is 24.7. The first-order chi connectivity index (χ1) is 18.5. The minimum atomic E-state index is -4.81. The Balaban J connectivity index is 0.000000883. The minimum Gasteiger partial charge on any atom is -0.469 e. The van der Waals surface area contributed by atoms with E-state index in [1.807, 2.05) is 38.1 Å². The van der Waals surface area contributed by atoms with Gasteiger partial charge in [-0.1, -0.05) is 45.4 Å². The van der Waals surface area contributed by atoms with Crippen molar-refractivity contribution in [3.63, 3.8) is 0 Å². The van der Waals surface area contributed by atoms with E-state index in [1.54, 1.807) is 6.92 Å². The first-order valence-corrected chi connectivity index (χ1v) is 12.8. The summed E-state index contributed by atoms with van der Waals surface area (Å²) in [6.07, 6.45) is -1.86. The van der Waals surface area contributed by atoms with E-state index in [2.05, 4.69) is 45.6 Å². The van der Waals surface area contributed by atoms with Gasteiger partial charge in [0.2, 0.25) is 0 Å². The van der Waals surface area contributed by atoms with E-state index in [1.165, 1.54) is 29.4 Å². The number of ether oxygens (including phenoxy) is 2. The molecule has 218 valence electrons. The molecule has 3 rings (SSSR count). The number of hydrogen-bond donors (Lipinski definition) is 0. The molecule has 2 aromatic carbocycles. The van der Waals surface area contributed by atoms with Crippen LogP contribution in [0, 0.1) is 6.92 Å². The molecule has 0 bridgehead atoms. The Morgan fingerprint density at radius 2 is 1.55 bits per heavy atom. The molecular formula is C32H40F3NO4. The molecular weight excluding hydrogens is 519 g/mol. The van der Waals surface area contributed by atoms with Crippen molar-refractivity contribution in [3.8, 4) is 5.75 Å². The summed E-state index contributed by atoms with van der Waals surface area (Å²) in [5.74, 6) is -1.27. The van der Waals surface area contributed by atoms with Crippen LogP contribution < -0.4 is 4.74 Å². The molecule has 40 heavy (non-hydrogen) atoms. The molecule has 3 aromatic rings. The molecule has 1 heterocycles. The minimum absolute atomic E-state index is 0.00886. The van der Waals surface area contributed by atoms with Gasteiger partial charge in [-0.25, -0.2) is 0 Å². The molecule has 0 spiro atoms. The summed E-state index contributed by atoms with van der Waals surface area (Å²) < 4.78 is 47.4. The Hall–Kier alpha value is -3.81. The van der Waals surface area contributed by atoms with E-state index in [0.717, 1.165) is 29.5 Å². The molecule has 0 atom stereocenters. The predicted octanol–water partition coefficient (Wildman–Crippen LogP) is 8.71. The molecule has 0 N–H and O–H groups in total. The van der Waals surface area contributed by atoms with E-state index in [0.29, 0.717) is 16.8 Å². The van der Waals surface area contributed by atoms with Crippen LogP contribution in [0.15, 0.2) is 67.3 Å². The Morgan fingerprint density at radius 3 is 1.98 bits per heavy atom. The van der Waals surface area contributed by atoms with Gasteiger partial charge < -0.3 is 9.47 Å². The molecule has 0 aliphatic carbocycles. The van der Waals surface area contributed by atoms with Crippen LogP contribution in [0.25, 0.3) is 10.9 Å². The lowest BCUT2D eigenvalue weighted by atomic mass is 9.86. The van der Waals surface area contributed by atoms with Gasteiger partial charge in [0, 0.05) is 16.6 Å². The molecule has 0 aliphatic heterocycles. The zero-order valence-electron chi connectivity index (χ0n) is 24.7. The number of allylic oxidation sites excluding steroid dienone is 2. The van der Waals surface area contributed by atoms with E-state index in [9.17, 15) is 22.8 Å². The molecule has 0 amide bonds. The standard InChI is InChI=1S/C24H24F3NO4.2C4H8/c1-14-18(13-21(29)31-5)19-12-16(23(2,3)4)8-11-20(19)28(14)22(30)15-6-9-17(10-7-15)32-24(25,26)27;1-4(2)3;1-3-4-2/h6-12H,13H2,1-5H3;1H2,2-3H3;3H,1,4H2,2H3. The summed E-state index contributed by atoms with van der Waals surface area (Å²) in [7, 11) is 1.30. The maximum absolute atomic E-state index is 13.3. The van der Waals surface area contributed by atoms with Crippen LogP contribution >= 0.6 is 0 Å². The van der Waals surface area contributed by atoms with Gasteiger partial charge in [-0.15, -0.1) is 26.3 Å². The van der Waals surface area contributed by atoms with Crippen LogP contribution in [-0.2, 0) is 21.4 Å². The normalized spacial score (nSPS) is 11.0. The van der Waals surface area contributed by atoms with Gasteiger partial charge in [-0.05, 0) is 80.1 Å². The van der Waals surface area contributed by atoms with E-state index >= 15 is 0 Å². The molecule has 5 nitrogen and oxygen atoms in total. The van der Waals surface area contributed by atoms with Crippen molar-refractivity contribution >= 4 is 22.8 Å². The number of methoxy groups -OCH3 is 1. The number of fused-ring (bicyclic) bond motifs is 1. The van der Waals surface area contributed by atoms with Crippen LogP contribution in [0.5, 0.6) is 5.75 Å². The van der Waals surface area contributed by atoms with Crippen LogP contribution in [0.2, 0.25) is 0 Å². The van der Waals surface area contributed by atoms with E-state index in [-0.39, 0.29) is 17.4 Å². The number of nitrogens with zero attached hydrogens (tertiary/aromatic N) is 1. The lowest BCUT2D eigenvalue weighted by molar-refractivity contribution is -0.274. The van der Waals surface area contributed by atoms with Gasteiger partial charge in [-0.2, -0.15) is 0 Å². The fraction of sp³-hybridized carbons (Fsp3) is 0.375. The fourth-order valence-electron chi connectivity index (χ4n) is 3.58. The fourth-order valence-corrected chi connectivity index (χ4v) is 3.58. The van der Waals surface area contributed by atoms with E-state index < -0.39 is 24.0 Å². The highest BCUT2D eigenvalue weighted by atomic mass is 19.4. The monoisotopic (exact) mass is 559 g/mol. The topological polar surface area (TPSA) is 57.5 Å². The number of aromatic nitrogens is 1. The Kier molecular flexibility index (Phi) is 12.4. The van der Waals surface area contributed by atoms with Gasteiger partial charge in [0.25, 0.3) is 5.91 Å². The molecule has 8 heteroatoms. The molecule has 0 unspecified atom stereocenters. The number of benzene rings is 2. The van der Waals surface area contributed by atoms with Crippen molar-refractivity contribution in [2.75, 3.05) is 7.11 Å². The van der Waals surface area contributed by atoms with Gasteiger partial charge >= 0.3 is 12.3 Å². The number of esters is 1. The van der Waals surface area contributed by atoms with Crippen molar-refractivity contribution in [3.05, 3.63) is 89.7 Å². The smallest absolute Gasteiger partial charge is 0.469 e. The number of hydrogen-bond acceptors (Lipinski definition) is 4. The predicted molar refractivity (Wildman–Crippen MR) is 155 cm³/mol. The van der Waals surface area contributed by atoms with Gasteiger partial charge in [0.1, 0.15) is 5.75 Å². The second-order valence-corrected chi connectivity index (χ2v) is 10.4. The summed E-state index contributed by atoms with van der Waals surface area (Å²) in [6, 6.07) is 10.4. The number of carbonyl (C=O) groups excluding carboxylic acids is 2. The first kappa shape index (κ1) is 34.2. The lowest BCUT2D eigenvalue weighted by Crippen LogP contribution is -2.17. The second-order valence-electron chi connectivity index (χ2n) is 10.4. The van der Waals surface area contributed by atoms with Crippen molar-refractivity contribution < 1.29 is 32.2 Å². The van der Waals surface area contributed by atoms with E-state index in [4.69, 9.17) is 4.74 Å². The third-order valence-electron chi connectivity index (χ3n) is 5.58. The Bertz CT molecular complexity index is 1320. The average Bonchev–Trinajstić information content (AvgIpc) is 3.12. The molecule has 0 aliphatic rings. The number of alkyl halides is 3. The zero-order chi connectivity index (χ0) is 30.8. The molecule has 0 saturated carbocycles. The summed E-state index contributed by atoms with van der Waals surface area (Å²) in [5.41, 5.74) is 4.08. The van der Waals surface area contributed by atoms with Crippen LogP contribution in [0.3, 0.4) is 0 Å². The summed E-state index contributed by atoms with van der Waals surface area (Å²) in [4.78, 5) is 25.3. The molecule has 0 radical (unpaired) electrons.